The zero-order valence-corrected chi connectivity index (χ0v) is 9.62. The number of rotatable bonds is 2. The average Bonchev–Trinajstić information content (AvgIpc) is 2.35. The van der Waals surface area contributed by atoms with Gasteiger partial charge in [0.25, 0.3) is 0 Å². The predicted molar refractivity (Wildman–Crippen MR) is 61.3 cm³/mol. The third kappa shape index (κ3) is 2.22. The Balaban J connectivity index is 2.46. The molecule has 18 heavy (non-hydrogen) atoms. The van der Waals surface area contributed by atoms with Crippen LogP contribution in [0, 0.1) is 24.4 Å². The zero-order chi connectivity index (χ0) is 13.3. The van der Waals surface area contributed by atoms with Crippen LogP contribution >= 0.6 is 0 Å². The summed E-state index contributed by atoms with van der Waals surface area (Å²) < 4.78 is 39.5. The Morgan fingerprint density at radius 3 is 2.50 bits per heavy atom. The molecule has 0 saturated heterocycles. The second kappa shape index (κ2) is 4.78. The van der Waals surface area contributed by atoms with Crippen LogP contribution < -0.4 is 5.73 Å². The van der Waals surface area contributed by atoms with Crippen LogP contribution in [0.1, 0.15) is 22.7 Å². The first-order valence-electron chi connectivity index (χ1n) is 5.31. The van der Waals surface area contributed by atoms with Crippen molar-refractivity contribution in [1.82, 2.24) is 4.98 Å². The van der Waals surface area contributed by atoms with E-state index in [1.165, 1.54) is 6.20 Å². The minimum absolute atomic E-state index is 0.0960. The number of pyridine rings is 1. The molecule has 2 aromatic rings. The van der Waals surface area contributed by atoms with E-state index in [0.717, 1.165) is 17.7 Å². The lowest BCUT2D eigenvalue weighted by Crippen LogP contribution is -2.15. The Labute approximate surface area is 102 Å². The zero-order valence-electron chi connectivity index (χ0n) is 9.62. The summed E-state index contributed by atoms with van der Waals surface area (Å²) in [5.41, 5.74) is 7.13. The lowest BCUT2D eigenvalue weighted by Gasteiger charge is -2.14. The van der Waals surface area contributed by atoms with E-state index in [-0.39, 0.29) is 5.56 Å². The molecule has 0 spiro atoms. The van der Waals surface area contributed by atoms with Crippen molar-refractivity contribution >= 4 is 0 Å². The molecule has 1 heterocycles. The van der Waals surface area contributed by atoms with Gasteiger partial charge < -0.3 is 5.73 Å². The van der Waals surface area contributed by atoms with Crippen molar-refractivity contribution in [2.75, 3.05) is 0 Å². The fourth-order valence-corrected chi connectivity index (χ4v) is 1.71. The van der Waals surface area contributed by atoms with E-state index < -0.39 is 23.5 Å². The fourth-order valence-electron chi connectivity index (χ4n) is 1.71. The molecule has 1 aromatic heterocycles. The van der Waals surface area contributed by atoms with Crippen LogP contribution in [-0.2, 0) is 0 Å². The van der Waals surface area contributed by atoms with Crippen molar-refractivity contribution in [3.63, 3.8) is 0 Å². The molecular weight excluding hydrogens is 241 g/mol. The van der Waals surface area contributed by atoms with Gasteiger partial charge in [0.05, 0.1) is 6.04 Å². The first-order chi connectivity index (χ1) is 8.50. The van der Waals surface area contributed by atoms with E-state index in [4.69, 9.17) is 5.73 Å². The third-order valence-corrected chi connectivity index (χ3v) is 2.66. The molecule has 1 atom stereocenters. The first-order valence-corrected chi connectivity index (χ1v) is 5.31. The summed E-state index contributed by atoms with van der Waals surface area (Å²) in [6.07, 6.45) is 3.09. The number of nitrogens with two attached hydrogens (primary N) is 1. The minimum Gasteiger partial charge on any atom is -0.320 e. The maximum atomic E-state index is 13.6. The molecule has 2 N–H and O–H groups in total. The highest BCUT2D eigenvalue weighted by molar-refractivity contribution is 5.33. The van der Waals surface area contributed by atoms with Crippen LogP contribution in [0.3, 0.4) is 0 Å². The van der Waals surface area contributed by atoms with Crippen molar-refractivity contribution < 1.29 is 13.2 Å². The first kappa shape index (κ1) is 12.6. The van der Waals surface area contributed by atoms with Crippen LogP contribution in [0.5, 0.6) is 0 Å². The second-order valence-corrected chi connectivity index (χ2v) is 4.04. The van der Waals surface area contributed by atoms with Gasteiger partial charge in [0.1, 0.15) is 0 Å². The molecule has 2 rings (SSSR count). The van der Waals surface area contributed by atoms with E-state index in [0.29, 0.717) is 5.56 Å². The van der Waals surface area contributed by atoms with Crippen LogP contribution in [0.15, 0.2) is 30.6 Å². The van der Waals surface area contributed by atoms with Crippen LogP contribution in [0.25, 0.3) is 0 Å². The van der Waals surface area contributed by atoms with Gasteiger partial charge in [-0.15, -0.1) is 0 Å². The normalized spacial score (nSPS) is 12.5. The molecule has 0 amide bonds. The molecule has 1 unspecified atom stereocenters. The molecule has 0 fully saturated rings. The maximum Gasteiger partial charge on any atom is 0.194 e. The van der Waals surface area contributed by atoms with Gasteiger partial charge in [0, 0.05) is 18.0 Å². The number of nitrogens with zero attached hydrogens (tertiary/aromatic N) is 1. The molecule has 0 aliphatic heterocycles. The van der Waals surface area contributed by atoms with Gasteiger partial charge in [-0.25, -0.2) is 13.2 Å². The quantitative estimate of drug-likeness (QED) is 0.835. The second-order valence-electron chi connectivity index (χ2n) is 4.04. The summed E-state index contributed by atoms with van der Waals surface area (Å²) in [5.74, 6) is -4.00. The summed E-state index contributed by atoms with van der Waals surface area (Å²) in [4.78, 5) is 3.93. The highest BCUT2D eigenvalue weighted by Gasteiger charge is 2.19. The standard InChI is InChI=1S/C13H11F3N2/c1-7-4-8(6-18-5-7)13(17)9-2-3-10(14)12(16)11(9)15/h2-6,13H,17H2,1H3. The molecule has 0 bridgehead atoms. The largest absolute Gasteiger partial charge is 0.320 e. The Morgan fingerprint density at radius 1 is 1.11 bits per heavy atom. The molecule has 0 aliphatic carbocycles. The lowest BCUT2D eigenvalue weighted by molar-refractivity contribution is 0.438. The molecule has 0 aliphatic rings. The third-order valence-electron chi connectivity index (χ3n) is 2.66. The van der Waals surface area contributed by atoms with E-state index in [1.807, 2.05) is 6.92 Å². The van der Waals surface area contributed by atoms with Gasteiger partial charge in [-0.3, -0.25) is 4.98 Å². The van der Waals surface area contributed by atoms with Gasteiger partial charge in [-0.1, -0.05) is 12.1 Å². The number of aromatic nitrogens is 1. The number of benzene rings is 1. The van der Waals surface area contributed by atoms with E-state index in [2.05, 4.69) is 4.98 Å². The fraction of sp³-hybridized carbons (Fsp3) is 0.154. The topological polar surface area (TPSA) is 38.9 Å². The molecule has 94 valence electrons. The summed E-state index contributed by atoms with van der Waals surface area (Å²) in [5, 5.41) is 0. The molecular formula is C13H11F3N2. The van der Waals surface area contributed by atoms with Crippen molar-refractivity contribution in [2.45, 2.75) is 13.0 Å². The number of hydrogen-bond donors (Lipinski definition) is 1. The van der Waals surface area contributed by atoms with Gasteiger partial charge in [0.15, 0.2) is 17.5 Å². The van der Waals surface area contributed by atoms with Crippen molar-refractivity contribution in [3.05, 3.63) is 64.7 Å². The minimum atomic E-state index is -1.51. The van der Waals surface area contributed by atoms with E-state index >= 15 is 0 Å². The molecule has 2 nitrogen and oxygen atoms in total. The Bertz CT molecular complexity index is 584. The van der Waals surface area contributed by atoms with Crippen LogP contribution in [0.4, 0.5) is 13.2 Å². The van der Waals surface area contributed by atoms with Crippen LogP contribution in [0.2, 0.25) is 0 Å². The molecule has 0 saturated carbocycles. The predicted octanol–water partition coefficient (Wildman–Crippen LogP) is 2.86. The monoisotopic (exact) mass is 252 g/mol. The maximum absolute atomic E-state index is 13.6. The van der Waals surface area contributed by atoms with Crippen molar-refractivity contribution in [1.29, 1.82) is 0 Å². The average molecular weight is 252 g/mol. The smallest absolute Gasteiger partial charge is 0.194 e. The van der Waals surface area contributed by atoms with Gasteiger partial charge >= 0.3 is 0 Å². The van der Waals surface area contributed by atoms with Crippen molar-refractivity contribution in [3.8, 4) is 0 Å². The number of hydrogen-bond acceptors (Lipinski definition) is 2. The highest BCUT2D eigenvalue weighted by atomic mass is 19.2. The van der Waals surface area contributed by atoms with E-state index in [1.54, 1.807) is 12.3 Å². The summed E-state index contributed by atoms with van der Waals surface area (Å²) >= 11 is 0. The van der Waals surface area contributed by atoms with Crippen LogP contribution in [-0.4, -0.2) is 4.98 Å². The SMILES string of the molecule is Cc1cncc(C(N)c2ccc(F)c(F)c2F)c1. The van der Waals surface area contributed by atoms with Gasteiger partial charge in [0.2, 0.25) is 0 Å². The van der Waals surface area contributed by atoms with Gasteiger partial charge in [-0.05, 0) is 24.1 Å². The summed E-state index contributed by atoms with van der Waals surface area (Å²) in [7, 11) is 0. The Morgan fingerprint density at radius 2 is 1.83 bits per heavy atom. The number of halogens is 3. The Hall–Kier alpha value is -1.88. The highest BCUT2D eigenvalue weighted by Crippen LogP contribution is 2.24. The lowest BCUT2D eigenvalue weighted by atomic mass is 9.99. The Kier molecular flexibility index (Phi) is 3.34. The van der Waals surface area contributed by atoms with Gasteiger partial charge in [-0.2, -0.15) is 0 Å². The number of aryl methyl sites for hydroxylation is 1. The molecule has 5 heteroatoms. The summed E-state index contributed by atoms with van der Waals surface area (Å²) in [6, 6.07) is 2.84. The molecule has 1 aromatic carbocycles. The van der Waals surface area contributed by atoms with Crippen molar-refractivity contribution in [2.24, 2.45) is 5.73 Å². The summed E-state index contributed by atoms with van der Waals surface area (Å²) in [6.45, 7) is 1.81. The van der Waals surface area contributed by atoms with E-state index in [9.17, 15) is 13.2 Å². The molecule has 0 radical (unpaired) electrons.